The number of amides is 1. The van der Waals surface area contributed by atoms with E-state index in [1.165, 1.54) is 29.1 Å². The number of fused-ring (bicyclic) bond motifs is 1. The van der Waals surface area contributed by atoms with Crippen LogP contribution in [0.25, 0.3) is 10.9 Å². The molecule has 1 aromatic heterocycles. The van der Waals surface area contributed by atoms with Gasteiger partial charge in [0.15, 0.2) is 0 Å². The lowest BCUT2D eigenvalue weighted by molar-refractivity contribution is -0.384. The molecular weight excluding hydrogens is 360 g/mol. The van der Waals surface area contributed by atoms with Crippen LogP contribution in [0, 0.1) is 10.1 Å². The van der Waals surface area contributed by atoms with Crippen molar-refractivity contribution in [3.63, 3.8) is 0 Å². The van der Waals surface area contributed by atoms with E-state index in [9.17, 15) is 19.7 Å². The van der Waals surface area contributed by atoms with Crippen molar-refractivity contribution in [3.05, 3.63) is 80.9 Å². The van der Waals surface area contributed by atoms with Crippen molar-refractivity contribution in [2.75, 3.05) is 0 Å². The van der Waals surface area contributed by atoms with Crippen LogP contribution in [0.5, 0.6) is 0 Å². The Balaban J connectivity index is 1.86. The van der Waals surface area contributed by atoms with Crippen LogP contribution in [-0.4, -0.2) is 31.3 Å². The number of aromatic nitrogens is 2. The van der Waals surface area contributed by atoms with Gasteiger partial charge in [-0.25, -0.2) is 4.98 Å². The Morgan fingerprint density at radius 1 is 1.21 bits per heavy atom. The Morgan fingerprint density at radius 2 is 1.93 bits per heavy atom. The first kappa shape index (κ1) is 19.2. The Kier molecular flexibility index (Phi) is 5.49. The molecule has 0 saturated carbocycles. The summed E-state index contributed by atoms with van der Waals surface area (Å²) in [6.07, 6.45) is 1.26. The van der Waals surface area contributed by atoms with E-state index >= 15 is 0 Å². The van der Waals surface area contributed by atoms with E-state index in [2.05, 4.69) is 4.98 Å². The van der Waals surface area contributed by atoms with Crippen LogP contribution >= 0.6 is 0 Å². The third-order valence-electron chi connectivity index (χ3n) is 4.46. The van der Waals surface area contributed by atoms with Gasteiger partial charge >= 0.3 is 0 Å². The number of nitro benzene ring substituents is 1. The number of nitro groups is 1. The molecule has 1 heterocycles. The van der Waals surface area contributed by atoms with Crippen LogP contribution in [0.1, 0.15) is 19.4 Å². The molecule has 0 saturated heterocycles. The van der Waals surface area contributed by atoms with Gasteiger partial charge in [-0.15, -0.1) is 0 Å². The lowest BCUT2D eigenvalue weighted by atomic mass is 10.2. The quantitative estimate of drug-likeness (QED) is 0.484. The van der Waals surface area contributed by atoms with Crippen molar-refractivity contribution in [3.8, 4) is 0 Å². The first-order valence-corrected chi connectivity index (χ1v) is 8.84. The van der Waals surface area contributed by atoms with E-state index < -0.39 is 10.5 Å². The number of carbonyl (C=O) groups is 1. The second kappa shape index (κ2) is 7.99. The minimum atomic E-state index is -0.541. The predicted octanol–water partition coefficient (Wildman–Crippen LogP) is 2.74. The van der Waals surface area contributed by atoms with Gasteiger partial charge in [-0.3, -0.25) is 24.3 Å². The van der Waals surface area contributed by atoms with E-state index in [-0.39, 0.29) is 35.1 Å². The first-order chi connectivity index (χ1) is 13.4. The van der Waals surface area contributed by atoms with Crippen molar-refractivity contribution >= 4 is 22.5 Å². The van der Waals surface area contributed by atoms with Gasteiger partial charge in [-0.2, -0.15) is 0 Å². The first-order valence-electron chi connectivity index (χ1n) is 8.84. The lowest BCUT2D eigenvalue weighted by Crippen LogP contribution is -2.40. The fraction of sp³-hybridized carbons (Fsp3) is 0.250. The minimum Gasteiger partial charge on any atom is -0.334 e. The maximum atomic E-state index is 12.8. The fourth-order valence-corrected chi connectivity index (χ4v) is 2.95. The van der Waals surface area contributed by atoms with Gasteiger partial charge in [-0.1, -0.05) is 30.3 Å². The molecule has 2 aromatic carbocycles. The summed E-state index contributed by atoms with van der Waals surface area (Å²) in [5.74, 6) is -0.205. The van der Waals surface area contributed by atoms with E-state index in [4.69, 9.17) is 0 Å². The van der Waals surface area contributed by atoms with Crippen molar-refractivity contribution in [2.24, 2.45) is 0 Å². The predicted molar refractivity (Wildman–Crippen MR) is 105 cm³/mol. The topological polar surface area (TPSA) is 98.3 Å². The molecule has 0 unspecified atom stereocenters. The molecule has 0 fully saturated rings. The fourth-order valence-electron chi connectivity index (χ4n) is 2.95. The molecule has 0 spiro atoms. The summed E-state index contributed by atoms with van der Waals surface area (Å²) in [5.41, 5.74) is 0.687. The highest BCUT2D eigenvalue weighted by Gasteiger charge is 2.19. The van der Waals surface area contributed by atoms with Crippen LogP contribution in [0.3, 0.4) is 0 Å². The molecule has 8 heteroatoms. The maximum Gasteiger partial charge on any atom is 0.271 e. The molecule has 0 aliphatic rings. The summed E-state index contributed by atoms with van der Waals surface area (Å²) in [7, 11) is 0. The van der Waals surface area contributed by atoms with Gasteiger partial charge in [-0.05, 0) is 25.5 Å². The van der Waals surface area contributed by atoms with Gasteiger partial charge in [0.05, 0.1) is 22.2 Å². The third-order valence-corrected chi connectivity index (χ3v) is 4.46. The van der Waals surface area contributed by atoms with Gasteiger partial charge in [0, 0.05) is 24.7 Å². The maximum absolute atomic E-state index is 12.8. The molecule has 8 nitrogen and oxygen atoms in total. The molecule has 3 aromatic rings. The van der Waals surface area contributed by atoms with Gasteiger partial charge in [0.2, 0.25) is 5.91 Å². The smallest absolute Gasteiger partial charge is 0.271 e. The summed E-state index contributed by atoms with van der Waals surface area (Å²) in [5, 5.41) is 11.1. The molecule has 0 bridgehead atoms. The summed E-state index contributed by atoms with van der Waals surface area (Å²) in [4.78, 5) is 41.7. The van der Waals surface area contributed by atoms with Crippen molar-refractivity contribution in [1.29, 1.82) is 0 Å². The number of non-ortho nitro benzene ring substituents is 1. The monoisotopic (exact) mass is 380 g/mol. The molecule has 0 atom stereocenters. The zero-order valence-electron chi connectivity index (χ0n) is 15.6. The number of hydrogen-bond acceptors (Lipinski definition) is 5. The highest BCUT2D eigenvalue weighted by molar-refractivity contribution is 5.81. The Hall–Kier alpha value is -3.55. The van der Waals surface area contributed by atoms with Gasteiger partial charge < -0.3 is 4.90 Å². The standard InChI is InChI=1S/C20H20N4O4/c1-14(2)23(11-15-6-4-3-5-7-15)19(25)12-22-13-21-18-10-16(24(27)28)8-9-17(18)20(22)26/h3-10,13-14H,11-12H2,1-2H3. The summed E-state index contributed by atoms with van der Waals surface area (Å²) < 4.78 is 1.23. The second-order valence-corrected chi connectivity index (χ2v) is 6.74. The van der Waals surface area contributed by atoms with Gasteiger partial charge in [0.25, 0.3) is 11.2 Å². The summed E-state index contributed by atoms with van der Waals surface area (Å²) >= 11 is 0. The average Bonchev–Trinajstić information content (AvgIpc) is 2.68. The molecule has 28 heavy (non-hydrogen) atoms. The van der Waals surface area contributed by atoms with Crippen LogP contribution in [0.4, 0.5) is 5.69 Å². The highest BCUT2D eigenvalue weighted by atomic mass is 16.6. The number of carbonyl (C=O) groups excluding carboxylic acids is 1. The summed E-state index contributed by atoms with van der Waals surface area (Å²) in [6.45, 7) is 4.13. The number of hydrogen-bond donors (Lipinski definition) is 0. The largest absolute Gasteiger partial charge is 0.334 e. The van der Waals surface area contributed by atoms with Crippen molar-refractivity contribution < 1.29 is 9.72 Å². The number of benzene rings is 2. The van der Waals surface area contributed by atoms with Crippen LogP contribution in [-0.2, 0) is 17.9 Å². The minimum absolute atomic E-state index is 0.0422. The molecule has 3 rings (SSSR count). The zero-order valence-corrected chi connectivity index (χ0v) is 15.6. The van der Waals surface area contributed by atoms with Gasteiger partial charge in [0.1, 0.15) is 6.54 Å². The Labute approximate surface area is 161 Å². The Morgan fingerprint density at radius 3 is 2.57 bits per heavy atom. The molecule has 0 aliphatic heterocycles. The van der Waals surface area contributed by atoms with Crippen molar-refractivity contribution in [1.82, 2.24) is 14.5 Å². The molecule has 0 aliphatic carbocycles. The molecule has 0 N–H and O–H groups in total. The molecule has 144 valence electrons. The zero-order chi connectivity index (χ0) is 20.3. The number of nitrogens with zero attached hydrogens (tertiary/aromatic N) is 4. The summed E-state index contributed by atoms with van der Waals surface area (Å²) in [6, 6.07) is 13.5. The average molecular weight is 380 g/mol. The second-order valence-electron chi connectivity index (χ2n) is 6.74. The normalized spacial score (nSPS) is 11.0. The van der Waals surface area contributed by atoms with Crippen LogP contribution in [0.2, 0.25) is 0 Å². The molecule has 1 amide bonds. The molecular formula is C20H20N4O4. The Bertz CT molecular complexity index is 1080. The molecule has 0 radical (unpaired) electrons. The lowest BCUT2D eigenvalue weighted by Gasteiger charge is -2.27. The SMILES string of the molecule is CC(C)N(Cc1ccccc1)C(=O)Cn1cnc2cc([N+](=O)[O-])ccc2c1=O. The van der Waals surface area contributed by atoms with Crippen LogP contribution in [0.15, 0.2) is 59.7 Å². The highest BCUT2D eigenvalue weighted by Crippen LogP contribution is 2.16. The van der Waals surface area contributed by atoms with E-state index in [0.29, 0.717) is 6.54 Å². The third kappa shape index (κ3) is 4.06. The number of rotatable bonds is 6. The van der Waals surface area contributed by atoms with E-state index in [0.717, 1.165) is 5.56 Å². The van der Waals surface area contributed by atoms with E-state index in [1.807, 2.05) is 44.2 Å². The van der Waals surface area contributed by atoms with Crippen molar-refractivity contribution in [2.45, 2.75) is 33.0 Å². The van der Waals surface area contributed by atoms with E-state index in [1.54, 1.807) is 4.90 Å². The van der Waals surface area contributed by atoms with Crippen LogP contribution < -0.4 is 5.56 Å².